The minimum Gasteiger partial charge on any atom is -0.398 e. The van der Waals surface area contributed by atoms with Gasteiger partial charge in [-0.25, -0.2) is 4.98 Å². The van der Waals surface area contributed by atoms with Crippen LogP contribution in [0, 0.1) is 0 Å². The van der Waals surface area contributed by atoms with Gasteiger partial charge < -0.3 is 5.73 Å². The topological polar surface area (TPSA) is 43.3 Å². The maximum Gasteiger partial charge on any atom is 0.138 e. The van der Waals surface area contributed by atoms with E-state index in [0.717, 1.165) is 16.5 Å². The first-order valence-electron chi connectivity index (χ1n) is 5.68. The molecule has 0 radical (unpaired) electrons. The van der Waals surface area contributed by atoms with Gasteiger partial charge in [-0.15, -0.1) is 0 Å². The maximum absolute atomic E-state index is 6.35. The fraction of sp³-hybridized carbons (Fsp3) is 0.417. The average Bonchev–Trinajstić information content (AvgIpc) is 2.87. The van der Waals surface area contributed by atoms with Gasteiger partial charge in [0.25, 0.3) is 0 Å². The molecule has 84 valence electrons. The van der Waals surface area contributed by atoms with Crippen molar-refractivity contribution < 1.29 is 0 Å². The molecular weight excluding hydrogens is 222 g/mol. The Bertz CT molecular complexity index is 526. The number of halogens is 1. The average molecular weight is 236 g/mol. The highest BCUT2D eigenvalue weighted by atomic mass is 35.5. The molecule has 3 nitrogen and oxygen atoms in total. The number of nitrogens with two attached hydrogens (primary N) is 1. The van der Waals surface area contributed by atoms with Crippen LogP contribution in [-0.4, -0.2) is 9.38 Å². The zero-order chi connectivity index (χ0) is 11.1. The first-order valence-corrected chi connectivity index (χ1v) is 6.06. The van der Waals surface area contributed by atoms with Gasteiger partial charge in [-0.1, -0.05) is 24.4 Å². The van der Waals surface area contributed by atoms with Gasteiger partial charge >= 0.3 is 0 Å². The molecule has 1 fully saturated rings. The largest absolute Gasteiger partial charge is 0.398 e. The Morgan fingerprint density at radius 1 is 1.31 bits per heavy atom. The van der Waals surface area contributed by atoms with E-state index in [4.69, 9.17) is 17.3 Å². The molecule has 3 rings (SSSR count). The Kier molecular flexibility index (Phi) is 2.28. The van der Waals surface area contributed by atoms with Crippen LogP contribution in [0.15, 0.2) is 18.3 Å². The Balaban J connectivity index is 2.15. The summed E-state index contributed by atoms with van der Waals surface area (Å²) < 4.78 is 1.88. The molecule has 2 aromatic heterocycles. The molecule has 0 atom stereocenters. The zero-order valence-electron chi connectivity index (χ0n) is 8.99. The van der Waals surface area contributed by atoms with Gasteiger partial charge in [-0.05, 0) is 25.0 Å². The van der Waals surface area contributed by atoms with E-state index < -0.39 is 0 Å². The molecular formula is C12H14ClN3. The standard InChI is InChI=1S/C12H14ClN3/c13-12-11(8-3-1-2-4-8)15-10-6-5-9(14)7-16(10)12/h5-8H,1-4,14H2. The minimum atomic E-state index is 0.536. The highest BCUT2D eigenvalue weighted by Gasteiger charge is 2.23. The molecule has 1 saturated carbocycles. The van der Waals surface area contributed by atoms with Crippen molar-refractivity contribution in [1.82, 2.24) is 9.38 Å². The molecule has 2 heterocycles. The number of anilines is 1. The second kappa shape index (κ2) is 3.67. The molecule has 1 aliphatic carbocycles. The highest BCUT2D eigenvalue weighted by Crippen LogP contribution is 2.37. The molecule has 2 aromatic rings. The Morgan fingerprint density at radius 2 is 2.06 bits per heavy atom. The van der Waals surface area contributed by atoms with Crippen LogP contribution in [-0.2, 0) is 0 Å². The summed E-state index contributed by atoms with van der Waals surface area (Å²) in [6, 6.07) is 3.77. The molecule has 0 spiro atoms. The van der Waals surface area contributed by atoms with Crippen LogP contribution in [0.2, 0.25) is 5.15 Å². The third-order valence-electron chi connectivity index (χ3n) is 3.35. The number of nitrogen functional groups attached to an aromatic ring is 1. The number of fused-ring (bicyclic) bond motifs is 1. The van der Waals surface area contributed by atoms with Gasteiger partial charge in [0.15, 0.2) is 0 Å². The van der Waals surface area contributed by atoms with Crippen LogP contribution in [0.4, 0.5) is 5.69 Å². The molecule has 0 amide bonds. The summed E-state index contributed by atoms with van der Waals surface area (Å²) >= 11 is 6.35. The van der Waals surface area contributed by atoms with E-state index >= 15 is 0 Å². The van der Waals surface area contributed by atoms with Gasteiger partial charge in [0, 0.05) is 17.8 Å². The van der Waals surface area contributed by atoms with Crippen LogP contribution in [0.1, 0.15) is 37.3 Å². The van der Waals surface area contributed by atoms with E-state index in [1.165, 1.54) is 25.7 Å². The Labute approximate surface area is 99.2 Å². The molecule has 4 heteroatoms. The van der Waals surface area contributed by atoms with E-state index in [9.17, 15) is 0 Å². The summed E-state index contributed by atoms with van der Waals surface area (Å²) in [5.74, 6) is 0.536. The molecule has 0 aliphatic heterocycles. The molecule has 0 unspecified atom stereocenters. The number of nitrogens with zero attached hydrogens (tertiary/aromatic N) is 2. The molecule has 2 N–H and O–H groups in total. The third kappa shape index (κ3) is 1.47. The molecule has 0 bridgehead atoms. The molecule has 0 aromatic carbocycles. The Hall–Kier alpha value is -1.22. The number of aromatic nitrogens is 2. The second-order valence-electron chi connectivity index (χ2n) is 4.46. The first kappa shape index (κ1) is 9.97. The quantitative estimate of drug-likeness (QED) is 0.825. The van der Waals surface area contributed by atoms with Gasteiger partial charge in [0.2, 0.25) is 0 Å². The Morgan fingerprint density at radius 3 is 2.81 bits per heavy atom. The maximum atomic E-state index is 6.35. The summed E-state index contributed by atoms with van der Waals surface area (Å²) in [4.78, 5) is 4.61. The van der Waals surface area contributed by atoms with Crippen LogP contribution in [0.5, 0.6) is 0 Å². The monoisotopic (exact) mass is 235 g/mol. The number of imidazole rings is 1. The van der Waals surface area contributed by atoms with E-state index in [1.807, 2.05) is 22.7 Å². The number of pyridine rings is 1. The first-order chi connectivity index (χ1) is 7.75. The van der Waals surface area contributed by atoms with Crippen LogP contribution >= 0.6 is 11.6 Å². The second-order valence-corrected chi connectivity index (χ2v) is 4.82. The van der Waals surface area contributed by atoms with E-state index in [0.29, 0.717) is 11.6 Å². The van der Waals surface area contributed by atoms with Crippen molar-refractivity contribution in [2.75, 3.05) is 5.73 Å². The lowest BCUT2D eigenvalue weighted by Crippen LogP contribution is -1.93. The minimum absolute atomic E-state index is 0.536. The van der Waals surface area contributed by atoms with Crippen molar-refractivity contribution in [2.45, 2.75) is 31.6 Å². The van der Waals surface area contributed by atoms with Crippen molar-refractivity contribution in [3.8, 4) is 0 Å². The zero-order valence-corrected chi connectivity index (χ0v) is 9.74. The van der Waals surface area contributed by atoms with Crippen LogP contribution in [0.25, 0.3) is 5.65 Å². The summed E-state index contributed by atoms with van der Waals surface area (Å²) in [5.41, 5.74) is 8.40. The number of hydrogen-bond acceptors (Lipinski definition) is 2. The lowest BCUT2D eigenvalue weighted by molar-refractivity contribution is 0.703. The highest BCUT2D eigenvalue weighted by molar-refractivity contribution is 6.30. The predicted molar refractivity (Wildman–Crippen MR) is 65.8 cm³/mol. The summed E-state index contributed by atoms with van der Waals surface area (Å²) in [7, 11) is 0. The van der Waals surface area contributed by atoms with Crippen molar-refractivity contribution >= 4 is 22.9 Å². The molecule has 1 aliphatic rings. The molecule has 16 heavy (non-hydrogen) atoms. The smallest absolute Gasteiger partial charge is 0.138 e. The lowest BCUT2D eigenvalue weighted by atomic mass is 10.1. The van der Waals surface area contributed by atoms with Crippen LogP contribution < -0.4 is 5.73 Å². The fourth-order valence-corrected chi connectivity index (χ4v) is 2.84. The number of rotatable bonds is 1. The van der Waals surface area contributed by atoms with Gasteiger partial charge in [0.05, 0.1) is 5.69 Å². The predicted octanol–water partition coefficient (Wildman–Crippen LogP) is 3.23. The fourth-order valence-electron chi connectivity index (χ4n) is 2.51. The molecule has 0 saturated heterocycles. The normalized spacial score (nSPS) is 17.3. The van der Waals surface area contributed by atoms with Crippen molar-refractivity contribution in [3.63, 3.8) is 0 Å². The lowest BCUT2D eigenvalue weighted by Gasteiger charge is -2.04. The SMILES string of the molecule is Nc1ccc2nc(C3CCCC3)c(Cl)n2c1. The van der Waals surface area contributed by atoms with Crippen molar-refractivity contribution in [2.24, 2.45) is 0 Å². The number of hydrogen-bond donors (Lipinski definition) is 1. The van der Waals surface area contributed by atoms with Crippen LogP contribution in [0.3, 0.4) is 0 Å². The summed E-state index contributed by atoms with van der Waals surface area (Å²) in [6.45, 7) is 0. The summed E-state index contributed by atoms with van der Waals surface area (Å²) in [6.07, 6.45) is 6.83. The van der Waals surface area contributed by atoms with Crippen molar-refractivity contribution in [3.05, 3.63) is 29.2 Å². The van der Waals surface area contributed by atoms with Gasteiger partial charge in [0.1, 0.15) is 10.8 Å². The van der Waals surface area contributed by atoms with Gasteiger partial charge in [-0.2, -0.15) is 0 Å². The summed E-state index contributed by atoms with van der Waals surface area (Å²) in [5, 5.41) is 0.731. The van der Waals surface area contributed by atoms with E-state index in [2.05, 4.69) is 4.98 Å². The van der Waals surface area contributed by atoms with Crippen molar-refractivity contribution in [1.29, 1.82) is 0 Å². The third-order valence-corrected chi connectivity index (χ3v) is 3.73. The van der Waals surface area contributed by atoms with Gasteiger partial charge in [-0.3, -0.25) is 4.40 Å². The van der Waals surface area contributed by atoms with E-state index in [-0.39, 0.29) is 0 Å². The van der Waals surface area contributed by atoms with E-state index in [1.54, 1.807) is 0 Å².